The molecule has 3 rings (SSSR count). The fraction of sp³-hybridized carbons (Fsp3) is 0. The third-order valence-corrected chi connectivity index (χ3v) is 4.20. The Bertz CT molecular complexity index is 1130. The maximum absolute atomic E-state index is 12.1. The predicted octanol–water partition coefficient (Wildman–Crippen LogP) is 4.92. The van der Waals surface area contributed by atoms with Crippen LogP contribution in [0, 0.1) is 0 Å². The highest BCUT2D eigenvalue weighted by Gasteiger charge is 2.02. The Labute approximate surface area is 168 Å². The maximum atomic E-state index is 12.1. The van der Waals surface area contributed by atoms with Crippen LogP contribution >= 0.6 is 0 Å². The second kappa shape index (κ2) is 9.18. The zero-order chi connectivity index (χ0) is 20.6. The number of phenolic OH excluding ortho intramolecular Hbond substituents is 2. The van der Waals surface area contributed by atoms with Crippen molar-refractivity contribution >= 4 is 29.4 Å². The molecule has 0 saturated carbocycles. The van der Waals surface area contributed by atoms with Crippen LogP contribution in [0.5, 0.6) is 11.5 Å². The van der Waals surface area contributed by atoms with Crippen molar-refractivity contribution in [1.29, 1.82) is 0 Å². The van der Waals surface area contributed by atoms with Crippen molar-refractivity contribution in [2.45, 2.75) is 0 Å². The molecular weight excluding hydrogens is 364 g/mol. The lowest BCUT2D eigenvalue weighted by molar-refractivity contribution is 0.104. The van der Waals surface area contributed by atoms with Crippen molar-refractivity contribution in [3.8, 4) is 11.5 Å². The van der Waals surface area contributed by atoms with Gasteiger partial charge in [0, 0.05) is 5.56 Å². The molecule has 4 nitrogen and oxygen atoms in total. The molecule has 0 radical (unpaired) electrons. The molecule has 0 aliphatic carbocycles. The number of hydrogen-bond acceptors (Lipinski definition) is 4. The number of carbonyl (C=O) groups is 1. The average molecular weight is 382 g/mol. The molecular formula is C25H18O4. The molecule has 0 atom stereocenters. The van der Waals surface area contributed by atoms with Gasteiger partial charge in [-0.15, -0.1) is 0 Å². The molecule has 0 fully saturated rings. The summed E-state index contributed by atoms with van der Waals surface area (Å²) in [5.74, 6) is 1.82. The molecule has 0 aliphatic rings. The van der Waals surface area contributed by atoms with E-state index in [1.807, 2.05) is 30.2 Å². The lowest BCUT2D eigenvalue weighted by Crippen LogP contribution is -1.93. The van der Waals surface area contributed by atoms with Crippen LogP contribution in [0.1, 0.15) is 27.0 Å². The van der Waals surface area contributed by atoms with E-state index in [4.69, 9.17) is 0 Å². The average Bonchev–Trinajstić information content (AvgIpc) is 2.73. The van der Waals surface area contributed by atoms with Crippen molar-refractivity contribution < 1.29 is 19.8 Å². The quantitative estimate of drug-likeness (QED) is 0.275. The molecule has 0 aliphatic heterocycles. The molecule has 3 aromatic rings. The second-order valence-corrected chi connectivity index (χ2v) is 6.31. The number of allylic oxidation sites excluding steroid dienone is 3. The fourth-order valence-corrected chi connectivity index (χ4v) is 2.69. The largest absolute Gasteiger partial charge is 0.508 e. The Kier molecular flexibility index (Phi) is 6.21. The minimum atomic E-state index is -0.197. The molecule has 0 aromatic heterocycles. The second-order valence-electron chi connectivity index (χ2n) is 6.31. The van der Waals surface area contributed by atoms with Crippen LogP contribution in [-0.4, -0.2) is 21.9 Å². The highest BCUT2D eigenvalue weighted by molar-refractivity contribution is 6.07. The van der Waals surface area contributed by atoms with E-state index >= 15 is 0 Å². The predicted molar refractivity (Wildman–Crippen MR) is 114 cm³/mol. The summed E-state index contributed by atoms with van der Waals surface area (Å²) in [6, 6.07) is 20.0. The van der Waals surface area contributed by atoms with Gasteiger partial charge in [0.1, 0.15) is 17.4 Å². The van der Waals surface area contributed by atoms with Crippen molar-refractivity contribution in [3.05, 3.63) is 107 Å². The van der Waals surface area contributed by atoms with Crippen molar-refractivity contribution in [3.63, 3.8) is 0 Å². The number of rotatable bonds is 6. The van der Waals surface area contributed by atoms with Crippen LogP contribution in [0.2, 0.25) is 0 Å². The van der Waals surface area contributed by atoms with Crippen LogP contribution in [0.15, 0.2) is 84.9 Å². The molecule has 0 spiro atoms. The fourth-order valence-electron chi connectivity index (χ4n) is 2.69. The molecule has 0 saturated heterocycles. The number of phenols is 2. The lowest BCUT2D eigenvalue weighted by atomic mass is 10.0. The summed E-state index contributed by atoms with van der Waals surface area (Å²) < 4.78 is 0. The first kappa shape index (κ1) is 19.6. The molecule has 0 heterocycles. The summed E-state index contributed by atoms with van der Waals surface area (Å²) in [6.07, 6.45) is 6.56. The van der Waals surface area contributed by atoms with E-state index < -0.39 is 0 Å². The van der Waals surface area contributed by atoms with Crippen LogP contribution in [0.4, 0.5) is 0 Å². The van der Waals surface area contributed by atoms with Crippen molar-refractivity contribution in [1.82, 2.24) is 0 Å². The summed E-state index contributed by atoms with van der Waals surface area (Å²) in [6.45, 7) is 0. The zero-order valence-electron chi connectivity index (χ0n) is 15.4. The summed E-state index contributed by atoms with van der Waals surface area (Å²) in [5.41, 5.74) is 3.05. The molecule has 3 aromatic carbocycles. The van der Waals surface area contributed by atoms with E-state index in [1.165, 1.54) is 30.3 Å². The number of benzene rings is 3. The molecule has 4 heteroatoms. The van der Waals surface area contributed by atoms with E-state index in [-0.39, 0.29) is 17.3 Å². The van der Waals surface area contributed by atoms with Gasteiger partial charge in [0.25, 0.3) is 0 Å². The van der Waals surface area contributed by atoms with E-state index in [0.29, 0.717) is 16.7 Å². The number of ketones is 1. The standard InChI is InChI=1S/C25H18O4/c26-17-22(20-3-1-5-23(27)15-20)13-11-18-7-9-19(10-8-18)12-14-25(29)21-4-2-6-24(28)16-21/h1-16,27-28H. The SMILES string of the molecule is O=C=C(C=Cc1ccc(C=CC(=O)c2cccc(O)c2)cc1)c1cccc(O)c1. The van der Waals surface area contributed by atoms with Gasteiger partial charge >= 0.3 is 0 Å². The normalized spacial score (nSPS) is 10.9. The summed E-state index contributed by atoms with van der Waals surface area (Å²) in [4.78, 5) is 23.4. The topological polar surface area (TPSA) is 74.6 Å². The van der Waals surface area contributed by atoms with E-state index in [0.717, 1.165) is 11.1 Å². The van der Waals surface area contributed by atoms with Gasteiger partial charge in [0.15, 0.2) is 5.78 Å². The number of aromatic hydroxyl groups is 2. The van der Waals surface area contributed by atoms with Gasteiger partial charge in [0.2, 0.25) is 0 Å². The van der Waals surface area contributed by atoms with E-state index in [2.05, 4.69) is 0 Å². The van der Waals surface area contributed by atoms with Gasteiger partial charge in [-0.2, -0.15) is 0 Å². The van der Waals surface area contributed by atoms with Gasteiger partial charge in [-0.05, 0) is 53.1 Å². The maximum Gasteiger partial charge on any atom is 0.185 e. The van der Waals surface area contributed by atoms with Gasteiger partial charge in [0.05, 0.1) is 5.57 Å². The smallest absolute Gasteiger partial charge is 0.185 e. The molecule has 2 N–H and O–H groups in total. The molecule has 142 valence electrons. The van der Waals surface area contributed by atoms with Gasteiger partial charge in [-0.1, -0.05) is 60.7 Å². The summed E-state index contributed by atoms with van der Waals surface area (Å²) >= 11 is 0. The Morgan fingerprint density at radius 1 is 0.724 bits per heavy atom. The first-order chi connectivity index (χ1) is 14.0. The Hall–Kier alpha value is -4.14. The highest BCUT2D eigenvalue weighted by Crippen LogP contribution is 2.19. The number of carbonyl (C=O) groups excluding carboxylic acids is 2. The minimum absolute atomic E-state index is 0.0508. The zero-order valence-corrected chi connectivity index (χ0v) is 15.4. The van der Waals surface area contributed by atoms with Gasteiger partial charge < -0.3 is 10.2 Å². The Balaban J connectivity index is 1.69. The monoisotopic (exact) mass is 382 g/mol. The third-order valence-electron chi connectivity index (χ3n) is 4.20. The Morgan fingerprint density at radius 3 is 1.79 bits per heavy atom. The third kappa shape index (κ3) is 5.42. The molecule has 29 heavy (non-hydrogen) atoms. The first-order valence-electron chi connectivity index (χ1n) is 8.89. The van der Waals surface area contributed by atoms with Crippen LogP contribution in [0.3, 0.4) is 0 Å². The summed E-state index contributed by atoms with van der Waals surface area (Å²) in [5, 5.41) is 19.0. The van der Waals surface area contributed by atoms with E-state index in [1.54, 1.807) is 42.5 Å². The summed E-state index contributed by atoms with van der Waals surface area (Å²) in [7, 11) is 0. The minimum Gasteiger partial charge on any atom is -0.508 e. The van der Waals surface area contributed by atoms with Crippen molar-refractivity contribution in [2.24, 2.45) is 0 Å². The number of hydrogen-bond donors (Lipinski definition) is 2. The van der Waals surface area contributed by atoms with Gasteiger partial charge in [-0.3, -0.25) is 4.79 Å². The first-order valence-corrected chi connectivity index (χ1v) is 8.89. The van der Waals surface area contributed by atoms with Crippen LogP contribution in [0.25, 0.3) is 17.7 Å². The molecule has 0 amide bonds. The van der Waals surface area contributed by atoms with Gasteiger partial charge in [-0.25, -0.2) is 4.79 Å². The highest BCUT2D eigenvalue weighted by atomic mass is 16.3. The van der Waals surface area contributed by atoms with Crippen molar-refractivity contribution in [2.75, 3.05) is 0 Å². The molecule has 0 bridgehead atoms. The lowest BCUT2D eigenvalue weighted by Gasteiger charge is -2.00. The Morgan fingerprint density at radius 2 is 1.24 bits per heavy atom. The van der Waals surface area contributed by atoms with Crippen LogP contribution < -0.4 is 0 Å². The van der Waals surface area contributed by atoms with E-state index in [9.17, 15) is 19.8 Å². The van der Waals surface area contributed by atoms with Crippen LogP contribution in [-0.2, 0) is 4.79 Å². The molecule has 0 unspecified atom stereocenters.